The molecule has 1 fully saturated rings. The van der Waals surface area contributed by atoms with Crippen LogP contribution in [0.1, 0.15) is 27.7 Å². The van der Waals surface area contributed by atoms with E-state index in [2.05, 4.69) is 5.32 Å². The summed E-state index contributed by atoms with van der Waals surface area (Å²) in [5.41, 5.74) is -3.58. The molecule has 1 aliphatic rings. The van der Waals surface area contributed by atoms with Crippen molar-refractivity contribution in [2.75, 3.05) is 0 Å². The summed E-state index contributed by atoms with van der Waals surface area (Å²) in [5, 5.41) is 25.7. The lowest BCUT2D eigenvalue weighted by molar-refractivity contribution is -0.384. The first-order valence-corrected chi connectivity index (χ1v) is 10.2. The van der Waals surface area contributed by atoms with Crippen LogP contribution in [0, 0.1) is 23.0 Å². The number of rotatable bonds is 5. The fraction of sp³-hybridized carbons (Fsp3) is 0.217. The number of aliphatic hydroxyl groups is 1. The summed E-state index contributed by atoms with van der Waals surface area (Å²) in [7, 11) is 0. The highest BCUT2D eigenvalue weighted by molar-refractivity contribution is 6.00. The van der Waals surface area contributed by atoms with E-state index in [1.165, 1.54) is 66.0 Å². The molecule has 0 unspecified atom stereocenters. The van der Waals surface area contributed by atoms with Crippen molar-refractivity contribution in [2.24, 2.45) is 5.92 Å². The second-order valence-electron chi connectivity index (χ2n) is 8.02. The Morgan fingerprint density at radius 2 is 1.77 bits per heavy atom. The molecular formula is C23H18F3N3O6. The number of Topliss-reactive ketones (excluding diaryl/α,β-unsaturated/α-hetero) is 1. The highest BCUT2D eigenvalue weighted by Gasteiger charge is 2.66. The average Bonchev–Trinajstić information content (AvgIpc) is 3.28. The Bertz CT molecular complexity index is 1300. The van der Waals surface area contributed by atoms with Gasteiger partial charge in [0.1, 0.15) is 23.5 Å². The van der Waals surface area contributed by atoms with Gasteiger partial charge < -0.3 is 20.2 Å². The Kier molecular flexibility index (Phi) is 5.85. The maximum Gasteiger partial charge on any atom is 0.437 e. The number of nitro benzene ring substituents is 1. The number of para-hydroxylation sites is 1. The van der Waals surface area contributed by atoms with E-state index in [4.69, 9.17) is 4.42 Å². The van der Waals surface area contributed by atoms with Gasteiger partial charge in [0.25, 0.3) is 5.69 Å². The van der Waals surface area contributed by atoms with Gasteiger partial charge in [0.05, 0.1) is 10.5 Å². The molecule has 4 rings (SSSR count). The minimum Gasteiger partial charge on any atom is -0.459 e. The Hall–Kier alpha value is -4.19. The molecule has 3 N–H and O–H groups in total. The number of hydrogen-bond donors (Lipinski definition) is 3. The van der Waals surface area contributed by atoms with Crippen molar-refractivity contribution in [1.29, 1.82) is 0 Å². The van der Waals surface area contributed by atoms with E-state index in [9.17, 15) is 38.0 Å². The number of furan rings is 1. The zero-order chi connectivity index (χ0) is 25.5. The minimum atomic E-state index is -5.43. The van der Waals surface area contributed by atoms with Crippen LogP contribution >= 0.6 is 0 Å². The van der Waals surface area contributed by atoms with Crippen LogP contribution in [0.3, 0.4) is 0 Å². The van der Waals surface area contributed by atoms with Crippen LogP contribution in [0.5, 0.6) is 0 Å². The average molecular weight is 489 g/mol. The zero-order valence-electron chi connectivity index (χ0n) is 18.0. The lowest BCUT2D eigenvalue weighted by Gasteiger charge is -2.44. The van der Waals surface area contributed by atoms with E-state index < -0.39 is 40.6 Å². The molecule has 1 aliphatic heterocycles. The van der Waals surface area contributed by atoms with Crippen molar-refractivity contribution < 1.29 is 37.2 Å². The van der Waals surface area contributed by atoms with Crippen LogP contribution in [-0.2, 0) is 0 Å². The summed E-state index contributed by atoms with van der Waals surface area (Å²) in [6, 6.07) is 10.5. The van der Waals surface area contributed by atoms with E-state index in [0.717, 1.165) is 5.56 Å². The highest BCUT2D eigenvalue weighted by atomic mass is 19.4. The van der Waals surface area contributed by atoms with Gasteiger partial charge in [-0.25, -0.2) is 4.79 Å². The van der Waals surface area contributed by atoms with E-state index in [0.29, 0.717) is 0 Å². The molecule has 2 aromatic carbocycles. The van der Waals surface area contributed by atoms with Gasteiger partial charge in [-0.2, -0.15) is 13.2 Å². The molecule has 0 saturated carbocycles. The summed E-state index contributed by atoms with van der Waals surface area (Å²) < 4.78 is 47.7. The van der Waals surface area contributed by atoms with Crippen LogP contribution in [0.15, 0.2) is 65.1 Å². The molecule has 35 heavy (non-hydrogen) atoms. The fourth-order valence-corrected chi connectivity index (χ4v) is 3.98. The second-order valence-corrected chi connectivity index (χ2v) is 8.02. The van der Waals surface area contributed by atoms with Gasteiger partial charge in [0.2, 0.25) is 5.72 Å². The lowest BCUT2D eigenvalue weighted by Crippen LogP contribution is -2.72. The molecular weight excluding hydrogens is 471 g/mol. The molecule has 0 bridgehead atoms. The SMILES string of the molecule is Cc1ccc(C(=O)[C@H]2[C@@H](c3ccc(-c4ccccc4[N+](=O)[O-])o3)NC(=O)N[C@]2(O)C(F)(F)F)cc1. The summed E-state index contributed by atoms with van der Waals surface area (Å²) in [5.74, 6) is -3.77. The lowest BCUT2D eigenvalue weighted by atomic mass is 9.79. The van der Waals surface area contributed by atoms with Crippen LogP contribution < -0.4 is 10.6 Å². The number of halogens is 3. The number of nitrogens with zero attached hydrogens (tertiary/aromatic N) is 1. The largest absolute Gasteiger partial charge is 0.459 e. The molecule has 1 aromatic heterocycles. The molecule has 1 saturated heterocycles. The van der Waals surface area contributed by atoms with Crippen molar-refractivity contribution in [3.05, 3.63) is 87.7 Å². The predicted molar refractivity (Wildman–Crippen MR) is 115 cm³/mol. The summed E-state index contributed by atoms with van der Waals surface area (Å²) in [4.78, 5) is 36.2. The minimum absolute atomic E-state index is 0.0384. The first-order chi connectivity index (χ1) is 16.4. The number of alkyl halides is 3. The highest BCUT2D eigenvalue weighted by Crippen LogP contribution is 2.45. The van der Waals surface area contributed by atoms with Crippen molar-refractivity contribution in [3.63, 3.8) is 0 Å². The molecule has 3 aromatic rings. The topological polar surface area (TPSA) is 135 Å². The number of aryl methyl sites for hydroxylation is 1. The summed E-state index contributed by atoms with van der Waals surface area (Å²) in [6.45, 7) is 1.72. The van der Waals surface area contributed by atoms with Crippen LogP contribution in [-0.4, -0.2) is 33.7 Å². The predicted octanol–water partition coefficient (Wildman–Crippen LogP) is 4.27. The van der Waals surface area contributed by atoms with Gasteiger partial charge in [-0.3, -0.25) is 14.9 Å². The molecule has 2 heterocycles. The number of nitro groups is 1. The molecule has 0 spiro atoms. The third-order valence-electron chi connectivity index (χ3n) is 5.72. The Morgan fingerprint density at radius 1 is 1.11 bits per heavy atom. The number of hydrogen-bond acceptors (Lipinski definition) is 6. The van der Waals surface area contributed by atoms with Crippen molar-refractivity contribution >= 4 is 17.5 Å². The van der Waals surface area contributed by atoms with Gasteiger partial charge in [0.15, 0.2) is 5.78 Å². The molecule has 0 radical (unpaired) electrons. The van der Waals surface area contributed by atoms with Gasteiger partial charge in [-0.05, 0) is 25.1 Å². The van der Waals surface area contributed by atoms with Gasteiger partial charge in [0, 0.05) is 11.6 Å². The van der Waals surface area contributed by atoms with Crippen molar-refractivity contribution in [3.8, 4) is 11.3 Å². The van der Waals surface area contributed by atoms with Gasteiger partial charge >= 0.3 is 12.2 Å². The first-order valence-electron chi connectivity index (χ1n) is 10.2. The van der Waals surface area contributed by atoms with Crippen molar-refractivity contribution in [1.82, 2.24) is 10.6 Å². The monoisotopic (exact) mass is 489 g/mol. The maximum absolute atomic E-state index is 14.0. The second kappa shape index (κ2) is 8.55. The third kappa shape index (κ3) is 4.23. The number of nitrogens with one attached hydrogen (secondary N) is 2. The van der Waals surface area contributed by atoms with Gasteiger partial charge in [-0.1, -0.05) is 42.0 Å². The van der Waals surface area contributed by atoms with Crippen LogP contribution in [0.4, 0.5) is 23.7 Å². The van der Waals surface area contributed by atoms with E-state index in [1.54, 1.807) is 6.92 Å². The number of carbonyl (C=O) groups excluding carboxylic acids is 2. The number of amides is 2. The van der Waals surface area contributed by atoms with E-state index in [1.807, 2.05) is 0 Å². The smallest absolute Gasteiger partial charge is 0.437 e. The molecule has 3 atom stereocenters. The van der Waals surface area contributed by atoms with E-state index in [-0.39, 0.29) is 28.3 Å². The Balaban J connectivity index is 1.83. The quantitative estimate of drug-likeness (QED) is 0.278. The normalized spacial score (nSPS) is 22.3. The molecule has 182 valence electrons. The zero-order valence-corrected chi connectivity index (χ0v) is 18.0. The molecule has 2 amide bonds. The number of benzene rings is 2. The number of urea groups is 1. The Labute approximate surface area is 195 Å². The fourth-order valence-electron chi connectivity index (χ4n) is 3.98. The number of carbonyl (C=O) groups is 2. The number of ketones is 1. The van der Waals surface area contributed by atoms with Crippen molar-refractivity contribution in [2.45, 2.75) is 24.9 Å². The van der Waals surface area contributed by atoms with Gasteiger partial charge in [-0.15, -0.1) is 0 Å². The summed E-state index contributed by atoms with van der Waals surface area (Å²) >= 11 is 0. The molecule has 0 aliphatic carbocycles. The molecule has 12 heteroatoms. The molecule has 9 nitrogen and oxygen atoms in total. The Morgan fingerprint density at radius 3 is 2.40 bits per heavy atom. The van der Waals surface area contributed by atoms with E-state index >= 15 is 0 Å². The maximum atomic E-state index is 14.0. The third-order valence-corrected chi connectivity index (χ3v) is 5.72. The first kappa shape index (κ1) is 24.0. The summed E-state index contributed by atoms with van der Waals surface area (Å²) in [6.07, 6.45) is -5.43. The van der Waals surface area contributed by atoms with Crippen LogP contribution in [0.2, 0.25) is 0 Å². The standard InChI is InChI=1S/C23H18F3N3O6/c1-12-6-8-13(9-7-12)20(30)18-19(27-21(31)28-22(18,32)23(24,25)26)17-11-10-16(35-17)14-4-2-3-5-15(14)29(33)34/h2-11,18-19,32H,1H3,(H2,27,28,31)/t18-,19-,22-/m1/s1. The van der Waals surface area contributed by atoms with Crippen LogP contribution in [0.25, 0.3) is 11.3 Å².